The molecule has 1 aliphatic rings. The van der Waals surface area contributed by atoms with Gasteiger partial charge in [-0.25, -0.2) is 4.79 Å². The molecule has 1 atom stereocenters. The summed E-state index contributed by atoms with van der Waals surface area (Å²) < 4.78 is 0. The van der Waals surface area contributed by atoms with Crippen LogP contribution in [0.15, 0.2) is 48.8 Å². The Morgan fingerprint density at radius 3 is 2.68 bits per heavy atom. The van der Waals surface area contributed by atoms with E-state index < -0.39 is 0 Å². The summed E-state index contributed by atoms with van der Waals surface area (Å²) in [6.45, 7) is 3.44. The van der Waals surface area contributed by atoms with Crippen LogP contribution in [0.5, 0.6) is 0 Å². The topological polar surface area (TPSA) is 45.2 Å². The highest BCUT2D eigenvalue weighted by molar-refractivity contribution is 5.75. The molecule has 2 amide bonds. The largest absolute Gasteiger partial charge is 0.334 e. The molecule has 22 heavy (non-hydrogen) atoms. The van der Waals surface area contributed by atoms with Gasteiger partial charge in [-0.15, -0.1) is 0 Å². The first-order valence-corrected chi connectivity index (χ1v) is 7.74. The number of carbonyl (C=O) groups is 1. The number of rotatable bonds is 3. The minimum atomic E-state index is 0.0138. The summed E-state index contributed by atoms with van der Waals surface area (Å²) in [6.07, 6.45) is 5.64. The molecule has 1 aliphatic heterocycles. The Kier molecular flexibility index (Phi) is 4.37. The molecule has 1 aromatic carbocycles. The Labute approximate surface area is 131 Å². The second-order valence-corrected chi connectivity index (χ2v) is 5.78. The van der Waals surface area contributed by atoms with E-state index in [1.54, 1.807) is 12.4 Å². The second kappa shape index (κ2) is 6.60. The van der Waals surface area contributed by atoms with E-state index in [0.29, 0.717) is 6.54 Å². The van der Waals surface area contributed by atoms with Crippen molar-refractivity contribution in [1.29, 1.82) is 0 Å². The fourth-order valence-electron chi connectivity index (χ4n) is 2.93. The number of aromatic nitrogens is 1. The molecule has 0 saturated carbocycles. The van der Waals surface area contributed by atoms with Gasteiger partial charge in [0.15, 0.2) is 0 Å². The van der Waals surface area contributed by atoms with Crippen molar-refractivity contribution in [2.24, 2.45) is 0 Å². The summed E-state index contributed by atoms with van der Waals surface area (Å²) in [4.78, 5) is 18.5. The smallest absolute Gasteiger partial charge is 0.318 e. The number of pyridine rings is 1. The molecule has 0 bridgehead atoms. The maximum atomic E-state index is 12.5. The number of urea groups is 1. The standard InChI is InChI=1S/C18H21N3O/c1-14-4-6-15(7-5-14)13-20-18(22)21-12-2-3-17(21)16-8-10-19-11-9-16/h4-11,17H,2-3,12-13H2,1H3,(H,20,22). The average Bonchev–Trinajstić information content (AvgIpc) is 3.04. The molecular weight excluding hydrogens is 274 g/mol. The van der Waals surface area contributed by atoms with E-state index in [2.05, 4.69) is 41.5 Å². The summed E-state index contributed by atoms with van der Waals surface area (Å²) >= 11 is 0. The number of aryl methyl sites for hydroxylation is 1. The lowest BCUT2D eigenvalue weighted by molar-refractivity contribution is 0.192. The average molecular weight is 295 g/mol. The Hall–Kier alpha value is -2.36. The SMILES string of the molecule is Cc1ccc(CNC(=O)N2CCCC2c2ccncc2)cc1. The number of nitrogens with zero attached hydrogens (tertiary/aromatic N) is 2. The number of nitrogens with one attached hydrogen (secondary N) is 1. The van der Waals surface area contributed by atoms with Crippen molar-refractivity contribution in [2.45, 2.75) is 32.4 Å². The van der Waals surface area contributed by atoms with Crippen LogP contribution in [0.4, 0.5) is 4.79 Å². The van der Waals surface area contributed by atoms with E-state index in [1.165, 1.54) is 5.56 Å². The van der Waals surface area contributed by atoms with Gasteiger partial charge >= 0.3 is 6.03 Å². The van der Waals surface area contributed by atoms with Crippen molar-refractivity contribution >= 4 is 6.03 Å². The lowest BCUT2D eigenvalue weighted by Gasteiger charge is -2.25. The van der Waals surface area contributed by atoms with Gasteiger partial charge < -0.3 is 10.2 Å². The Morgan fingerprint density at radius 2 is 1.95 bits per heavy atom. The van der Waals surface area contributed by atoms with E-state index >= 15 is 0 Å². The maximum Gasteiger partial charge on any atom is 0.318 e. The van der Waals surface area contributed by atoms with E-state index in [9.17, 15) is 4.79 Å². The number of hydrogen-bond acceptors (Lipinski definition) is 2. The van der Waals surface area contributed by atoms with Gasteiger partial charge in [0.2, 0.25) is 0 Å². The molecule has 0 aliphatic carbocycles. The van der Waals surface area contributed by atoms with E-state index in [0.717, 1.165) is 30.5 Å². The summed E-state index contributed by atoms with van der Waals surface area (Å²) in [6, 6.07) is 12.4. The number of amides is 2. The Morgan fingerprint density at radius 1 is 1.23 bits per heavy atom. The number of hydrogen-bond donors (Lipinski definition) is 1. The molecule has 2 heterocycles. The first-order chi connectivity index (χ1) is 10.7. The van der Waals surface area contributed by atoms with E-state index in [4.69, 9.17) is 0 Å². The first kappa shape index (κ1) is 14.6. The van der Waals surface area contributed by atoms with Crippen molar-refractivity contribution in [3.05, 3.63) is 65.5 Å². The predicted molar refractivity (Wildman–Crippen MR) is 86.3 cm³/mol. The molecule has 1 fully saturated rings. The minimum absolute atomic E-state index is 0.0138. The second-order valence-electron chi connectivity index (χ2n) is 5.78. The molecule has 1 unspecified atom stereocenters. The van der Waals surface area contributed by atoms with Crippen LogP contribution in [0.25, 0.3) is 0 Å². The lowest BCUT2D eigenvalue weighted by Crippen LogP contribution is -2.39. The Balaban J connectivity index is 1.62. The fraction of sp³-hybridized carbons (Fsp3) is 0.333. The summed E-state index contributed by atoms with van der Waals surface area (Å²) in [7, 11) is 0. The van der Waals surface area contributed by atoms with Crippen LogP contribution in [0.2, 0.25) is 0 Å². The van der Waals surface area contributed by atoms with Gasteiger partial charge in [-0.1, -0.05) is 29.8 Å². The van der Waals surface area contributed by atoms with Crippen LogP contribution in [-0.2, 0) is 6.54 Å². The molecule has 4 heteroatoms. The third-order valence-corrected chi connectivity index (χ3v) is 4.17. The normalized spacial score (nSPS) is 17.5. The summed E-state index contributed by atoms with van der Waals surface area (Å²) in [5, 5.41) is 3.03. The van der Waals surface area contributed by atoms with Gasteiger partial charge in [0.25, 0.3) is 0 Å². The molecule has 1 N–H and O–H groups in total. The maximum absolute atomic E-state index is 12.5. The molecule has 114 valence electrons. The van der Waals surface area contributed by atoms with Gasteiger partial charge in [-0.2, -0.15) is 0 Å². The van der Waals surface area contributed by atoms with Crippen molar-refractivity contribution in [3.63, 3.8) is 0 Å². The monoisotopic (exact) mass is 295 g/mol. The highest BCUT2D eigenvalue weighted by Crippen LogP contribution is 2.31. The van der Waals surface area contributed by atoms with Crippen LogP contribution in [0, 0.1) is 6.92 Å². The van der Waals surface area contributed by atoms with Crippen LogP contribution in [-0.4, -0.2) is 22.5 Å². The van der Waals surface area contributed by atoms with Crippen molar-refractivity contribution in [2.75, 3.05) is 6.54 Å². The van der Waals surface area contributed by atoms with Crippen LogP contribution < -0.4 is 5.32 Å². The quantitative estimate of drug-likeness (QED) is 0.943. The number of carbonyl (C=O) groups excluding carboxylic acids is 1. The Bertz CT molecular complexity index is 625. The van der Waals surface area contributed by atoms with E-state index in [-0.39, 0.29) is 12.1 Å². The van der Waals surface area contributed by atoms with Crippen molar-refractivity contribution in [3.8, 4) is 0 Å². The third kappa shape index (κ3) is 3.27. The van der Waals surface area contributed by atoms with Gasteiger partial charge in [0.1, 0.15) is 0 Å². The van der Waals surface area contributed by atoms with Crippen molar-refractivity contribution < 1.29 is 4.79 Å². The molecule has 0 spiro atoms. The van der Waals surface area contributed by atoms with Gasteiger partial charge in [0.05, 0.1) is 6.04 Å². The van der Waals surface area contributed by atoms with Gasteiger partial charge in [-0.3, -0.25) is 4.98 Å². The summed E-state index contributed by atoms with van der Waals surface area (Å²) in [5.74, 6) is 0. The van der Waals surface area contributed by atoms with Gasteiger partial charge in [0, 0.05) is 25.5 Å². The lowest BCUT2D eigenvalue weighted by atomic mass is 10.1. The highest BCUT2D eigenvalue weighted by atomic mass is 16.2. The molecular formula is C18H21N3O. The third-order valence-electron chi connectivity index (χ3n) is 4.17. The number of likely N-dealkylation sites (tertiary alicyclic amines) is 1. The zero-order valence-electron chi connectivity index (χ0n) is 12.8. The highest BCUT2D eigenvalue weighted by Gasteiger charge is 2.29. The zero-order chi connectivity index (χ0) is 15.4. The van der Waals surface area contributed by atoms with Crippen LogP contribution >= 0.6 is 0 Å². The van der Waals surface area contributed by atoms with Crippen LogP contribution in [0.1, 0.15) is 35.6 Å². The fourth-order valence-corrected chi connectivity index (χ4v) is 2.93. The van der Waals surface area contributed by atoms with Crippen molar-refractivity contribution in [1.82, 2.24) is 15.2 Å². The summed E-state index contributed by atoms with van der Waals surface area (Å²) in [5.41, 5.74) is 3.52. The molecule has 3 rings (SSSR count). The molecule has 0 radical (unpaired) electrons. The molecule has 1 saturated heterocycles. The zero-order valence-corrected chi connectivity index (χ0v) is 12.8. The number of benzene rings is 1. The molecule has 4 nitrogen and oxygen atoms in total. The minimum Gasteiger partial charge on any atom is -0.334 e. The predicted octanol–water partition coefficient (Wildman–Crippen LogP) is 3.44. The van der Waals surface area contributed by atoms with Gasteiger partial charge in [-0.05, 0) is 43.0 Å². The first-order valence-electron chi connectivity index (χ1n) is 7.74. The van der Waals surface area contributed by atoms with Crippen LogP contribution in [0.3, 0.4) is 0 Å². The molecule has 2 aromatic rings. The molecule has 1 aromatic heterocycles. The van der Waals surface area contributed by atoms with E-state index in [1.807, 2.05) is 17.0 Å².